The number of hydrogen-bond acceptors (Lipinski definition) is 3. The quantitative estimate of drug-likeness (QED) is 0.860. The fraction of sp³-hybridized carbons (Fsp3) is 0.294. The van der Waals surface area contributed by atoms with Crippen molar-refractivity contribution in [3.05, 3.63) is 52.5 Å². The molecule has 0 bridgehead atoms. The summed E-state index contributed by atoms with van der Waals surface area (Å²) in [6.45, 7) is 2.15. The maximum absolute atomic E-state index is 5.20. The fourth-order valence-corrected chi connectivity index (χ4v) is 2.84. The lowest BCUT2D eigenvalue weighted by Crippen LogP contribution is -2.14. The van der Waals surface area contributed by atoms with Crippen LogP contribution in [0.2, 0.25) is 0 Å². The van der Waals surface area contributed by atoms with Crippen LogP contribution in [0.15, 0.2) is 46.9 Å². The normalized spacial score (nSPS) is 12.0. The molecule has 0 radical (unpaired) electrons. The van der Waals surface area contributed by atoms with Crippen molar-refractivity contribution in [3.63, 3.8) is 0 Å². The molecule has 0 aliphatic heterocycles. The number of methoxy groups -OCH3 is 1. The Morgan fingerprint density at radius 1 is 1.14 bits per heavy atom. The van der Waals surface area contributed by atoms with Crippen molar-refractivity contribution in [2.24, 2.45) is 0 Å². The standard InChI is InChI=1S/C17H21BrN2O/c1-12(19-2)13-5-10-17(16(18)11-13)20(3)14-6-8-15(21-4)9-7-14/h5-12,19H,1-4H3. The lowest BCUT2D eigenvalue weighted by molar-refractivity contribution is 0.415. The van der Waals surface area contributed by atoms with E-state index in [0.29, 0.717) is 6.04 Å². The van der Waals surface area contributed by atoms with E-state index in [1.165, 1.54) is 5.56 Å². The van der Waals surface area contributed by atoms with Gasteiger partial charge in [0.05, 0.1) is 12.8 Å². The Morgan fingerprint density at radius 3 is 2.33 bits per heavy atom. The third-order valence-corrected chi connectivity index (χ3v) is 4.36. The first kappa shape index (κ1) is 15.9. The Kier molecular flexibility index (Phi) is 5.26. The molecule has 0 amide bonds. The molecule has 1 N–H and O–H groups in total. The van der Waals surface area contributed by atoms with E-state index in [1.807, 2.05) is 19.2 Å². The van der Waals surface area contributed by atoms with Crippen molar-refractivity contribution in [1.29, 1.82) is 0 Å². The number of nitrogens with zero attached hydrogens (tertiary/aromatic N) is 1. The van der Waals surface area contributed by atoms with E-state index in [4.69, 9.17) is 4.74 Å². The van der Waals surface area contributed by atoms with Gasteiger partial charge in [0.2, 0.25) is 0 Å². The molecule has 0 saturated heterocycles. The summed E-state index contributed by atoms with van der Waals surface area (Å²) in [5.74, 6) is 0.865. The molecule has 2 aromatic rings. The Bertz CT molecular complexity index is 598. The lowest BCUT2D eigenvalue weighted by atomic mass is 10.1. The van der Waals surface area contributed by atoms with Crippen LogP contribution in [-0.2, 0) is 0 Å². The number of nitrogens with one attached hydrogen (secondary N) is 1. The van der Waals surface area contributed by atoms with E-state index >= 15 is 0 Å². The highest BCUT2D eigenvalue weighted by Crippen LogP contribution is 2.33. The summed E-state index contributed by atoms with van der Waals surface area (Å²) in [4.78, 5) is 2.15. The molecular weight excluding hydrogens is 328 g/mol. The van der Waals surface area contributed by atoms with Crippen LogP contribution in [0.25, 0.3) is 0 Å². The first-order valence-corrected chi connectivity index (χ1v) is 7.70. The second kappa shape index (κ2) is 6.96. The summed E-state index contributed by atoms with van der Waals surface area (Å²) < 4.78 is 6.28. The van der Waals surface area contributed by atoms with Gasteiger partial charge in [0, 0.05) is 23.2 Å². The van der Waals surface area contributed by atoms with E-state index in [2.05, 4.69) is 70.4 Å². The predicted molar refractivity (Wildman–Crippen MR) is 92.7 cm³/mol. The number of anilines is 2. The van der Waals surface area contributed by atoms with Crippen molar-refractivity contribution in [2.45, 2.75) is 13.0 Å². The van der Waals surface area contributed by atoms with Gasteiger partial charge in [-0.25, -0.2) is 0 Å². The molecule has 1 atom stereocenters. The van der Waals surface area contributed by atoms with Crippen molar-refractivity contribution in [2.75, 3.05) is 26.1 Å². The van der Waals surface area contributed by atoms with Gasteiger partial charge in [-0.3, -0.25) is 0 Å². The van der Waals surface area contributed by atoms with E-state index in [1.54, 1.807) is 7.11 Å². The highest BCUT2D eigenvalue weighted by molar-refractivity contribution is 9.10. The van der Waals surface area contributed by atoms with Crippen LogP contribution < -0.4 is 15.0 Å². The van der Waals surface area contributed by atoms with Gasteiger partial charge < -0.3 is 15.0 Å². The Balaban J connectivity index is 2.27. The molecule has 2 aromatic carbocycles. The van der Waals surface area contributed by atoms with Crippen molar-refractivity contribution in [1.82, 2.24) is 5.32 Å². The second-order valence-electron chi connectivity index (χ2n) is 4.98. The zero-order chi connectivity index (χ0) is 15.4. The SMILES string of the molecule is CNC(C)c1ccc(N(C)c2ccc(OC)cc2)c(Br)c1. The highest BCUT2D eigenvalue weighted by Gasteiger charge is 2.11. The Labute approximate surface area is 135 Å². The summed E-state index contributed by atoms with van der Waals surface area (Å²) in [7, 11) is 5.70. The molecule has 1 unspecified atom stereocenters. The number of ether oxygens (including phenoxy) is 1. The zero-order valence-corrected chi connectivity index (χ0v) is 14.4. The summed E-state index contributed by atoms with van der Waals surface area (Å²) in [6, 6.07) is 14.8. The average molecular weight is 349 g/mol. The monoisotopic (exact) mass is 348 g/mol. The van der Waals surface area contributed by atoms with Crippen molar-refractivity contribution < 1.29 is 4.74 Å². The van der Waals surface area contributed by atoms with Gasteiger partial charge in [0.15, 0.2) is 0 Å². The first-order valence-electron chi connectivity index (χ1n) is 6.91. The maximum atomic E-state index is 5.20. The fourth-order valence-electron chi connectivity index (χ4n) is 2.18. The smallest absolute Gasteiger partial charge is 0.119 e. The van der Waals surface area contributed by atoms with Crippen LogP contribution in [0.1, 0.15) is 18.5 Å². The van der Waals surface area contributed by atoms with Gasteiger partial charge in [0.1, 0.15) is 5.75 Å². The molecule has 3 nitrogen and oxygen atoms in total. The largest absolute Gasteiger partial charge is 0.497 e. The third kappa shape index (κ3) is 3.57. The number of hydrogen-bond donors (Lipinski definition) is 1. The molecule has 4 heteroatoms. The molecular formula is C17H21BrN2O. The molecule has 0 aromatic heterocycles. The van der Waals surface area contributed by atoms with Gasteiger partial charge in [-0.1, -0.05) is 6.07 Å². The van der Waals surface area contributed by atoms with Crippen LogP contribution in [-0.4, -0.2) is 21.2 Å². The Hall–Kier alpha value is -1.52. The average Bonchev–Trinajstić information content (AvgIpc) is 2.53. The van der Waals surface area contributed by atoms with E-state index in [0.717, 1.165) is 21.6 Å². The van der Waals surface area contributed by atoms with Gasteiger partial charge in [-0.2, -0.15) is 0 Å². The summed E-state index contributed by atoms with van der Waals surface area (Å²) in [5, 5.41) is 3.25. The lowest BCUT2D eigenvalue weighted by Gasteiger charge is -2.22. The zero-order valence-electron chi connectivity index (χ0n) is 12.9. The minimum absolute atomic E-state index is 0.335. The molecule has 0 aliphatic rings. The summed E-state index contributed by atoms with van der Waals surface area (Å²) in [6.07, 6.45) is 0. The third-order valence-electron chi connectivity index (χ3n) is 3.73. The highest BCUT2D eigenvalue weighted by atomic mass is 79.9. The van der Waals surface area contributed by atoms with Gasteiger partial charge >= 0.3 is 0 Å². The van der Waals surface area contributed by atoms with Crippen LogP contribution in [0.5, 0.6) is 5.75 Å². The van der Waals surface area contributed by atoms with Crippen LogP contribution in [0.4, 0.5) is 11.4 Å². The number of benzene rings is 2. The molecule has 21 heavy (non-hydrogen) atoms. The van der Waals surface area contributed by atoms with Crippen LogP contribution in [0, 0.1) is 0 Å². The van der Waals surface area contributed by atoms with Gasteiger partial charge in [-0.15, -0.1) is 0 Å². The molecule has 0 aliphatic carbocycles. The predicted octanol–water partition coefficient (Wildman–Crippen LogP) is 4.51. The first-order chi connectivity index (χ1) is 10.1. The molecule has 2 rings (SSSR count). The second-order valence-corrected chi connectivity index (χ2v) is 5.83. The van der Waals surface area contributed by atoms with Gasteiger partial charge in [0.25, 0.3) is 0 Å². The van der Waals surface area contributed by atoms with Crippen LogP contribution >= 0.6 is 15.9 Å². The van der Waals surface area contributed by atoms with Crippen LogP contribution in [0.3, 0.4) is 0 Å². The Morgan fingerprint density at radius 2 is 1.81 bits per heavy atom. The van der Waals surface area contributed by atoms with E-state index in [-0.39, 0.29) is 0 Å². The topological polar surface area (TPSA) is 24.5 Å². The van der Waals surface area contributed by atoms with E-state index < -0.39 is 0 Å². The number of halogens is 1. The molecule has 0 heterocycles. The van der Waals surface area contributed by atoms with Gasteiger partial charge in [-0.05, 0) is 71.9 Å². The molecule has 112 valence electrons. The molecule has 0 fully saturated rings. The summed E-state index contributed by atoms with van der Waals surface area (Å²) in [5.41, 5.74) is 3.51. The van der Waals surface area contributed by atoms with E-state index in [9.17, 15) is 0 Å². The summed E-state index contributed by atoms with van der Waals surface area (Å²) >= 11 is 3.68. The van der Waals surface area contributed by atoms with Crippen molar-refractivity contribution >= 4 is 27.3 Å². The minimum Gasteiger partial charge on any atom is -0.497 e. The maximum Gasteiger partial charge on any atom is 0.119 e. The molecule has 0 saturated carbocycles. The molecule has 0 spiro atoms. The minimum atomic E-state index is 0.335. The number of rotatable bonds is 5. The van der Waals surface area contributed by atoms with Crippen molar-refractivity contribution in [3.8, 4) is 5.75 Å².